The third-order valence-electron chi connectivity index (χ3n) is 3.55. The van der Waals surface area contributed by atoms with Crippen LogP contribution in [0.15, 0.2) is 48.5 Å². The Bertz CT molecular complexity index is 630. The molecule has 0 bridgehead atoms. The van der Waals surface area contributed by atoms with E-state index in [9.17, 15) is 5.11 Å². The van der Waals surface area contributed by atoms with Gasteiger partial charge in [0.05, 0.1) is 12.5 Å². The summed E-state index contributed by atoms with van der Waals surface area (Å²) in [6.45, 7) is 2.77. The average Bonchev–Trinajstić information content (AvgIpc) is 2.60. The molecule has 0 saturated heterocycles. The number of ether oxygens (including phenoxy) is 1. The quantitative estimate of drug-likeness (QED) is 0.786. The van der Waals surface area contributed by atoms with Crippen molar-refractivity contribution < 1.29 is 9.84 Å². The van der Waals surface area contributed by atoms with Crippen LogP contribution in [0.1, 0.15) is 18.1 Å². The maximum Gasteiger partial charge on any atom is 0.119 e. The molecule has 2 aromatic rings. The normalized spacial score (nSPS) is 11.5. The number of nitriles is 1. The number of hydrogen-bond acceptors (Lipinski definition) is 4. The van der Waals surface area contributed by atoms with Gasteiger partial charge in [-0.2, -0.15) is 5.26 Å². The molecule has 4 nitrogen and oxygen atoms in total. The summed E-state index contributed by atoms with van der Waals surface area (Å²) in [5.74, 6) is 0.693. The lowest BCUT2D eigenvalue weighted by atomic mass is 10.1. The fourth-order valence-electron chi connectivity index (χ4n) is 2.14. The maximum atomic E-state index is 9.98. The lowest BCUT2D eigenvalue weighted by Crippen LogP contribution is -2.26. The molecular formula is C19H22N2O2. The van der Waals surface area contributed by atoms with Gasteiger partial charge in [0.15, 0.2) is 0 Å². The summed E-state index contributed by atoms with van der Waals surface area (Å²) in [4.78, 5) is 0. The average molecular weight is 310 g/mol. The van der Waals surface area contributed by atoms with Crippen molar-refractivity contribution in [2.75, 3.05) is 18.5 Å². The molecule has 0 saturated carbocycles. The topological polar surface area (TPSA) is 65.3 Å². The van der Waals surface area contributed by atoms with Gasteiger partial charge in [-0.25, -0.2) is 0 Å². The van der Waals surface area contributed by atoms with Gasteiger partial charge in [0.2, 0.25) is 0 Å². The molecule has 0 aromatic heterocycles. The summed E-state index contributed by atoms with van der Waals surface area (Å²) in [7, 11) is 0. The molecule has 1 unspecified atom stereocenters. The first-order valence-corrected chi connectivity index (χ1v) is 7.81. The Morgan fingerprint density at radius 1 is 1.09 bits per heavy atom. The zero-order valence-corrected chi connectivity index (χ0v) is 13.3. The van der Waals surface area contributed by atoms with Crippen molar-refractivity contribution in [2.24, 2.45) is 0 Å². The van der Waals surface area contributed by atoms with Crippen LogP contribution in [0.2, 0.25) is 0 Å². The molecule has 2 N–H and O–H groups in total. The summed E-state index contributed by atoms with van der Waals surface area (Å²) in [5.41, 5.74) is 3.24. The summed E-state index contributed by atoms with van der Waals surface area (Å²) in [6, 6.07) is 17.6. The zero-order chi connectivity index (χ0) is 16.5. The SMILES string of the molecule is CCc1ccc(NCC(O)COc2ccc(CC#N)cc2)cc1. The van der Waals surface area contributed by atoms with Crippen LogP contribution < -0.4 is 10.1 Å². The number of anilines is 1. The molecule has 0 fully saturated rings. The van der Waals surface area contributed by atoms with Crippen molar-refractivity contribution >= 4 is 5.69 Å². The summed E-state index contributed by atoms with van der Waals surface area (Å²) in [5, 5.41) is 21.8. The lowest BCUT2D eigenvalue weighted by molar-refractivity contribution is 0.117. The van der Waals surface area contributed by atoms with Crippen LogP contribution in [0.5, 0.6) is 5.75 Å². The van der Waals surface area contributed by atoms with Crippen LogP contribution in [0, 0.1) is 11.3 Å². The van der Waals surface area contributed by atoms with E-state index in [2.05, 4.69) is 30.4 Å². The number of nitrogens with one attached hydrogen (secondary N) is 1. The van der Waals surface area contributed by atoms with Gasteiger partial charge >= 0.3 is 0 Å². The summed E-state index contributed by atoms with van der Waals surface area (Å²) < 4.78 is 5.55. The van der Waals surface area contributed by atoms with E-state index < -0.39 is 6.10 Å². The van der Waals surface area contributed by atoms with Crippen molar-refractivity contribution in [1.82, 2.24) is 0 Å². The van der Waals surface area contributed by atoms with Gasteiger partial charge < -0.3 is 15.2 Å². The minimum Gasteiger partial charge on any atom is -0.491 e. The van der Waals surface area contributed by atoms with Gasteiger partial charge in [0.25, 0.3) is 0 Å². The molecule has 0 aliphatic carbocycles. The minimum absolute atomic E-state index is 0.220. The maximum absolute atomic E-state index is 9.98. The first-order chi connectivity index (χ1) is 11.2. The molecule has 0 amide bonds. The first kappa shape index (κ1) is 16.9. The molecule has 120 valence electrons. The Morgan fingerprint density at radius 2 is 1.74 bits per heavy atom. The molecule has 2 aromatic carbocycles. The van der Waals surface area contributed by atoms with E-state index in [0.717, 1.165) is 17.7 Å². The highest BCUT2D eigenvalue weighted by Gasteiger charge is 2.05. The van der Waals surface area contributed by atoms with E-state index in [1.165, 1.54) is 5.56 Å². The predicted molar refractivity (Wildman–Crippen MR) is 91.6 cm³/mol. The monoisotopic (exact) mass is 310 g/mol. The molecule has 0 radical (unpaired) electrons. The second-order valence-electron chi connectivity index (χ2n) is 5.38. The standard InChI is InChI=1S/C19H22N2O2/c1-2-15-3-7-17(8-4-15)21-13-18(22)14-23-19-9-5-16(6-10-19)11-12-20/h3-10,18,21-22H,2,11,13-14H2,1H3. The number of hydrogen-bond donors (Lipinski definition) is 2. The fraction of sp³-hybridized carbons (Fsp3) is 0.316. The van der Waals surface area contributed by atoms with Crippen LogP contribution in [-0.4, -0.2) is 24.4 Å². The van der Waals surface area contributed by atoms with E-state index in [0.29, 0.717) is 18.7 Å². The van der Waals surface area contributed by atoms with Crippen LogP contribution in [0.25, 0.3) is 0 Å². The fourth-order valence-corrected chi connectivity index (χ4v) is 2.14. The molecule has 0 heterocycles. The smallest absolute Gasteiger partial charge is 0.119 e. The second kappa shape index (κ2) is 8.82. The van der Waals surface area contributed by atoms with Gasteiger partial charge in [-0.3, -0.25) is 0 Å². The first-order valence-electron chi connectivity index (χ1n) is 7.81. The second-order valence-corrected chi connectivity index (χ2v) is 5.38. The van der Waals surface area contributed by atoms with E-state index >= 15 is 0 Å². The molecule has 0 aliphatic heterocycles. The number of aliphatic hydroxyl groups excluding tert-OH is 1. The van der Waals surface area contributed by atoms with Crippen molar-refractivity contribution in [1.29, 1.82) is 5.26 Å². The molecule has 0 aliphatic rings. The largest absolute Gasteiger partial charge is 0.491 e. The van der Waals surface area contributed by atoms with E-state index in [1.54, 1.807) is 0 Å². The molecular weight excluding hydrogens is 288 g/mol. The molecule has 0 spiro atoms. The Morgan fingerprint density at radius 3 is 2.35 bits per heavy atom. The van der Waals surface area contributed by atoms with E-state index in [-0.39, 0.29) is 6.61 Å². The van der Waals surface area contributed by atoms with Gasteiger partial charge in [-0.05, 0) is 41.8 Å². The molecule has 4 heteroatoms. The summed E-state index contributed by atoms with van der Waals surface area (Å²) >= 11 is 0. The van der Waals surface area contributed by atoms with Gasteiger partial charge in [0, 0.05) is 12.2 Å². The van der Waals surface area contributed by atoms with Crippen LogP contribution in [0.3, 0.4) is 0 Å². The number of aliphatic hydroxyl groups is 1. The highest BCUT2D eigenvalue weighted by Crippen LogP contribution is 2.13. The van der Waals surface area contributed by atoms with Crippen LogP contribution in [-0.2, 0) is 12.8 Å². The Kier molecular flexibility index (Phi) is 6.46. The number of rotatable bonds is 8. The third-order valence-corrected chi connectivity index (χ3v) is 3.55. The number of nitrogens with zero attached hydrogens (tertiary/aromatic N) is 1. The van der Waals surface area contributed by atoms with Crippen molar-refractivity contribution in [3.63, 3.8) is 0 Å². The highest BCUT2D eigenvalue weighted by atomic mass is 16.5. The highest BCUT2D eigenvalue weighted by molar-refractivity contribution is 5.44. The molecule has 2 rings (SSSR count). The Hall–Kier alpha value is -2.51. The van der Waals surface area contributed by atoms with Gasteiger partial charge in [-0.1, -0.05) is 31.2 Å². The Labute approximate surface area is 137 Å². The van der Waals surface area contributed by atoms with Crippen LogP contribution in [0.4, 0.5) is 5.69 Å². The third kappa shape index (κ3) is 5.65. The van der Waals surface area contributed by atoms with Gasteiger partial charge in [-0.15, -0.1) is 0 Å². The van der Waals surface area contributed by atoms with Crippen molar-refractivity contribution in [3.8, 4) is 11.8 Å². The van der Waals surface area contributed by atoms with Crippen molar-refractivity contribution in [3.05, 3.63) is 59.7 Å². The molecule has 23 heavy (non-hydrogen) atoms. The van der Waals surface area contributed by atoms with Crippen molar-refractivity contribution in [2.45, 2.75) is 25.9 Å². The number of aryl methyl sites for hydroxylation is 1. The van der Waals surface area contributed by atoms with E-state index in [1.807, 2.05) is 36.4 Å². The summed E-state index contributed by atoms with van der Waals surface area (Å²) in [6.07, 6.45) is 0.813. The van der Waals surface area contributed by atoms with Gasteiger partial charge in [0.1, 0.15) is 18.5 Å². The van der Waals surface area contributed by atoms with Crippen LogP contribution >= 0.6 is 0 Å². The van der Waals surface area contributed by atoms with E-state index in [4.69, 9.17) is 10.00 Å². The minimum atomic E-state index is -0.598. The molecule has 1 atom stereocenters. The zero-order valence-electron chi connectivity index (χ0n) is 13.3. The lowest BCUT2D eigenvalue weighted by Gasteiger charge is -2.14. The predicted octanol–water partition coefficient (Wildman–Crippen LogP) is 3.17. The number of benzene rings is 2. The Balaban J connectivity index is 1.73.